The Bertz CT molecular complexity index is 1030. The Morgan fingerprint density at radius 2 is 2.03 bits per heavy atom. The van der Waals surface area contributed by atoms with E-state index in [9.17, 15) is 4.79 Å². The van der Waals surface area contributed by atoms with Crippen molar-refractivity contribution < 1.29 is 14.3 Å². The Morgan fingerprint density at radius 3 is 2.83 bits per heavy atom. The van der Waals surface area contributed by atoms with Crippen LogP contribution in [0.15, 0.2) is 36.4 Å². The van der Waals surface area contributed by atoms with Crippen molar-refractivity contribution in [3.8, 4) is 22.9 Å². The predicted molar refractivity (Wildman–Crippen MR) is 112 cm³/mol. The Balaban J connectivity index is 1.46. The number of hydrogen-bond donors (Lipinski definition) is 1. The lowest BCUT2D eigenvalue weighted by molar-refractivity contribution is 0.0521. The van der Waals surface area contributed by atoms with Crippen molar-refractivity contribution in [1.29, 1.82) is 0 Å². The van der Waals surface area contributed by atoms with Crippen LogP contribution in [-0.2, 0) is 0 Å². The van der Waals surface area contributed by atoms with E-state index in [1.165, 1.54) is 0 Å². The summed E-state index contributed by atoms with van der Waals surface area (Å²) in [6.45, 7) is 4.94. The highest BCUT2D eigenvalue weighted by molar-refractivity contribution is 5.93. The monoisotopic (exact) mass is 407 g/mol. The number of nitrogens with one attached hydrogen (secondary N) is 1. The van der Waals surface area contributed by atoms with Gasteiger partial charge in [-0.15, -0.1) is 0 Å². The number of methoxy groups -OCH3 is 1. The van der Waals surface area contributed by atoms with Crippen molar-refractivity contribution in [3.05, 3.63) is 53.6 Å². The molecule has 1 fully saturated rings. The van der Waals surface area contributed by atoms with E-state index in [1.54, 1.807) is 18.1 Å². The molecule has 0 spiro atoms. The predicted octanol–water partition coefficient (Wildman–Crippen LogP) is 3.18. The molecular weight excluding hydrogens is 382 g/mol. The third-order valence-electron chi connectivity index (χ3n) is 5.09. The minimum Gasteiger partial charge on any atom is -0.496 e. The van der Waals surface area contributed by atoms with Gasteiger partial charge in [0.05, 0.1) is 19.3 Å². The second kappa shape index (κ2) is 8.52. The normalized spacial score (nSPS) is 16.4. The molecule has 0 saturated carbocycles. The highest BCUT2D eigenvalue weighted by atomic mass is 16.5. The fourth-order valence-corrected chi connectivity index (χ4v) is 3.73. The number of aryl methyl sites for hydroxylation is 2. The second-order valence-corrected chi connectivity index (χ2v) is 7.40. The summed E-state index contributed by atoms with van der Waals surface area (Å²) >= 11 is 0. The topological polar surface area (TPSA) is 93.2 Å². The number of aromatic amines is 1. The molecule has 1 aliphatic heterocycles. The number of aromatic nitrogens is 4. The molecule has 1 atom stereocenters. The zero-order chi connectivity index (χ0) is 21.1. The van der Waals surface area contributed by atoms with Gasteiger partial charge in [-0.1, -0.05) is 12.1 Å². The number of benzene rings is 1. The van der Waals surface area contributed by atoms with Gasteiger partial charge in [0.25, 0.3) is 5.91 Å². The van der Waals surface area contributed by atoms with Gasteiger partial charge in [0.1, 0.15) is 23.4 Å². The molecule has 2 aromatic heterocycles. The first kappa shape index (κ1) is 19.9. The molecular formula is C22H25N5O3. The molecule has 1 saturated heterocycles. The van der Waals surface area contributed by atoms with E-state index < -0.39 is 0 Å². The zero-order valence-corrected chi connectivity index (χ0v) is 17.4. The van der Waals surface area contributed by atoms with Gasteiger partial charge in [0.15, 0.2) is 0 Å². The Labute approximate surface area is 175 Å². The molecule has 3 heterocycles. The van der Waals surface area contributed by atoms with Gasteiger partial charge in [-0.3, -0.25) is 9.89 Å². The number of H-pyrrole nitrogens is 1. The molecule has 1 unspecified atom stereocenters. The van der Waals surface area contributed by atoms with E-state index in [0.29, 0.717) is 41.9 Å². The van der Waals surface area contributed by atoms with Gasteiger partial charge in [-0.2, -0.15) is 10.1 Å². The lowest BCUT2D eigenvalue weighted by atomic mass is 10.1. The molecule has 3 aromatic rings. The van der Waals surface area contributed by atoms with E-state index in [2.05, 4.69) is 20.2 Å². The standard InChI is InChI=1S/C22H25N5O3/c1-14-11-21(24-15(2)23-14)30-16-7-6-10-27(13-16)22(28)19-12-18(25-26-19)17-8-4-5-9-20(17)29-3/h4-5,8-9,11-12,16H,6-7,10,13H2,1-3H3,(H,25,26). The third kappa shape index (κ3) is 4.27. The number of piperidine rings is 1. The van der Waals surface area contributed by atoms with Crippen LogP contribution in [0.2, 0.25) is 0 Å². The number of ether oxygens (including phenoxy) is 2. The van der Waals surface area contributed by atoms with Crippen molar-refractivity contribution in [2.75, 3.05) is 20.2 Å². The molecule has 1 aromatic carbocycles. The summed E-state index contributed by atoms with van der Waals surface area (Å²) in [4.78, 5) is 23.5. The van der Waals surface area contributed by atoms with E-state index >= 15 is 0 Å². The maximum atomic E-state index is 13.0. The first-order valence-corrected chi connectivity index (χ1v) is 10.0. The summed E-state index contributed by atoms with van der Waals surface area (Å²) in [5.41, 5.74) is 2.82. The molecule has 4 rings (SSSR count). The van der Waals surface area contributed by atoms with Crippen molar-refractivity contribution in [2.45, 2.75) is 32.8 Å². The summed E-state index contributed by atoms with van der Waals surface area (Å²) < 4.78 is 11.4. The van der Waals surface area contributed by atoms with E-state index in [-0.39, 0.29) is 12.0 Å². The average Bonchev–Trinajstić information content (AvgIpc) is 3.22. The molecule has 0 radical (unpaired) electrons. The number of carbonyl (C=O) groups excluding carboxylic acids is 1. The molecule has 30 heavy (non-hydrogen) atoms. The maximum absolute atomic E-state index is 13.0. The Morgan fingerprint density at radius 1 is 1.20 bits per heavy atom. The van der Waals surface area contributed by atoms with Crippen LogP contribution in [0.25, 0.3) is 11.3 Å². The van der Waals surface area contributed by atoms with Gasteiger partial charge in [-0.25, -0.2) is 4.98 Å². The van der Waals surface area contributed by atoms with Gasteiger partial charge in [0, 0.05) is 23.9 Å². The van der Waals surface area contributed by atoms with Gasteiger partial charge in [-0.05, 0) is 44.9 Å². The number of amides is 1. The molecule has 8 nitrogen and oxygen atoms in total. The summed E-state index contributed by atoms with van der Waals surface area (Å²) in [6.07, 6.45) is 1.64. The second-order valence-electron chi connectivity index (χ2n) is 7.40. The SMILES string of the molecule is COc1ccccc1-c1cc(C(=O)N2CCCC(Oc3cc(C)nc(C)n3)C2)[nH]n1. The number of nitrogens with zero attached hydrogens (tertiary/aromatic N) is 4. The van der Waals surface area contributed by atoms with Gasteiger partial charge < -0.3 is 14.4 Å². The lowest BCUT2D eigenvalue weighted by Crippen LogP contribution is -2.44. The first-order valence-electron chi connectivity index (χ1n) is 10.0. The highest BCUT2D eigenvalue weighted by Crippen LogP contribution is 2.28. The minimum atomic E-state index is -0.104. The molecule has 0 bridgehead atoms. The third-order valence-corrected chi connectivity index (χ3v) is 5.09. The van der Waals surface area contributed by atoms with Crippen molar-refractivity contribution >= 4 is 5.91 Å². The largest absolute Gasteiger partial charge is 0.496 e. The van der Waals surface area contributed by atoms with Crippen molar-refractivity contribution in [3.63, 3.8) is 0 Å². The highest BCUT2D eigenvalue weighted by Gasteiger charge is 2.27. The molecule has 1 aliphatic rings. The number of carbonyl (C=O) groups is 1. The summed E-state index contributed by atoms with van der Waals surface area (Å²) in [5, 5.41) is 7.19. The average molecular weight is 407 g/mol. The Hall–Kier alpha value is -3.42. The minimum absolute atomic E-state index is 0.0907. The fourth-order valence-electron chi connectivity index (χ4n) is 3.73. The van der Waals surface area contributed by atoms with E-state index in [4.69, 9.17) is 9.47 Å². The Kier molecular flexibility index (Phi) is 5.65. The van der Waals surface area contributed by atoms with Crippen LogP contribution in [0.3, 0.4) is 0 Å². The smallest absolute Gasteiger partial charge is 0.272 e. The van der Waals surface area contributed by atoms with E-state index in [0.717, 1.165) is 24.1 Å². The molecule has 156 valence electrons. The lowest BCUT2D eigenvalue weighted by Gasteiger charge is -2.32. The zero-order valence-electron chi connectivity index (χ0n) is 17.4. The number of para-hydroxylation sites is 1. The van der Waals surface area contributed by atoms with Gasteiger partial charge >= 0.3 is 0 Å². The summed E-state index contributed by atoms with van der Waals surface area (Å²) in [6, 6.07) is 11.2. The maximum Gasteiger partial charge on any atom is 0.272 e. The number of likely N-dealkylation sites (tertiary alicyclic amines) is 1. The number of rotatable bonds is 5. The fraction of sp³-hybridized carbons (Fsp3) is 0.364. The van der Waals surface area contributed by atoms with Crippen LogP contribution in [0, 0.1) is 13.8 Å². The van der Waals surface area contributed by atoms with Crippen LogP contribution in [-0.4, -0.2) is 57.3 Å². The van der Waals surface area contributed by atoms with Crippen LogP contribution in [0.1, 0.15) is 34.8 Å². The number of hydrogen-bond acceptors (Lipinski definition) is 6. The van der Waals surface area contributed by atoms with E-state index in [1.807, 2.05) is 44.2 Å². The quantitative estimate of drug-likeness (QED) is 0.698. The van der Waals surface area contributed by atoms with Crippen molar-refractivity contribution in [2.24, 2.45) is 0 Å². The molecule has 0 aliphatic carbocycles. The van der Waals surface area contributed by atoms with Crippen LogP contribution >= 0.6 is 0 Å². The van der Waals surface area contributed by atoms with Crippen LogP contribution < -0.4 is 9.47 Å². The van der Waals surface area contributed by atoms with Crippen molar-refractivity contribution in [1.82, 2.24) is 25.1 Å². The summed E-state index contributed by atoms with van der Waals surface area (Å²) in [5.74, 6) is 1.85. The molecule has 8 heteroatoms. The van der Waals surface area contributed by atoms with Gasteiger partial charge in [0.2, 0.25) is 5.88 Å². The molecule has 1 N–H and O–H groups in total. The molecule has 1 amide bonds. The summed E-state index contributed by atoms with van der Waals surface area (Å²) in [7, 11) is 1.62. The first-order chi connectivity index (χ1) is 14.5. The van der Waals surface area contributed by atoms with Crippen LogP contribution in [0.5, 0.6) is 11.6 Å². The van der Waals surface area contributed by atoms with Crippen LogP contribution in [0.4, 0.5) is 0 Å².